The van der Waals surface area contributed by atoms with Crippen molar-refractivity contribution in [2.45, 2.75) is 46.7 Å². The van der Waals surface area contributed by atoms with E-state index in [9.17, 15) is 37.1 Å². The van der Waals surface area contributed by atoms with E-state index in [-0.39, 0.29) is 11.0 Å². The van der Waals surface area contributed by atoms with Crippen LogP contribution in [0.25, 0.3) is 0 Å². The lowest BCUT2D eigenvalue weighted by molar-refractivity contribution is -0.140. The Kier molecular flexibility index (Phi) is 12.6. The number of carbonyl (C=O) groups excluding carboxylic acids is 3. The van der Waals surface area contributed by atoms with Gasteiger partial charge in [0.15, 0.2) is 23.2 Å². The highest BCUT2D eigenvalue weighted by Crippen LogP contribution is 2.24. The zero-order valence-corrected chi connectivity index (χ0v) is 22.3. The van der Waals surface area contributed by atoms with Crippen molar-refractivity contribution >= 4 is 43.8 Å². The van der Waals surface area contributed by atoms with Gasteiger partial charge >= 0.3 is 5.97 Å². The molecule has 0 bridgehead atoms. The molecule has 14 heteroatoms. The molecule has 0 radical (unpaired) electrons. The first-order valence-electron chi connectivity index (χ1n) is 11.4. The molecule has 0 saturated carbocycles. The first kappa shape index (κ1) is 32.3. The number of carboxylic acid groups (broad SMARTS) is 1. The number of carboxylic acids is 1. The van der Waals surface area contributed by atoms with Gasteiger partial charge in [0.05, 0.1) is 6.42 Å². The summed E-state index contributed by atoms with van der Waals surface area (Å²) in [7, 11) is 1.82. The number of ketones is 1. The van der Waals surface area contributed by atoms with Gasteiger partial charge in [0.1, 0.15) is 24.9 Å². The first-order chi connectivity index (χ1) is 17.8. The number of anilines is 1. The number of amides is 2. The molecule has 208 valence electrons. The average Bonchev–Trinajstić information content (AvgIpc) is 2.85. The molecule has 38 heavy (non-hydrogen) atoms. The van der Waals surface area contributed by atoms with Gasteiger partial charge in [-0.1, -0.05) is 27.7 Å². The third-order valence-electron chi connectivity index (χ3n) is 4.72. The van der Waals surface area contributed by atoms with Crippen LogP contribution in [-0.4, -0.2) is 45.9 Å². The molecule has 0 fully saturated rings. The fourth-order valence-corrected chi connectivity index (χ4v) is 3.10. The highest BCUT2D eigenvalue weighted by atomic mass is 31.0. The molecule has 2 atom stereocenters. The Bertz CT molecular complexity index is 1230. The lowest BCUT2D eigenvalue weighted by Gasteiger charge is -2.17. The van der Waals surface area contributed by atoms with Gasteiger partial charge in [-0.2, -0.15) is 4.39 Å². The number of halogens is 3. The molecule has 1 heterocycles. The van der Waals surface area contributed by atoms with Crippen molar-refractivity contribution in [3.8, 4) is 5.75 Å². The zero-order chi connectivity index (χ0) is 29.2. The number of nitrogens with one attached hydrogen (secondary N) is 2. The first-order valence-corrected chi connectivity index (χ1v) is 12.0. The number of nitrogens with zero attached hydrogens (tertiary/aromatic N) is 1. The SMILES string of the molecule is CC.CC(C)C(=O)Nc1cccn(CC(=O)NC(CC(=O)O)C(=O)COc2c(F)c(F)cc(P)c2F)c1=O. The van der Waals surface area contributed by atoms with Gasteiger partial charge in [-0.15, -0.1) is 9.24 Å². The Balaban J connectivity index is 0.00000352. The highest BCUT2D eigenvalue weighted by molar-refractivity contribution is 7.27. The molecule has 2 amide bonds. The van der Waals surface area contributed by atoms with Crippen molar-refractivity contribution in [2.24, 2.45) is 5.92 Å². The summed E-state index contributed by atoms with van der Waals surface area (Å²) in [5, 5.41) is 13.3. The largest absolute Gasteiger partial charge is 0.481 e. The van der Waals surface area contributed by atoms with Crippen LogP contribution in [0.15, 0.2) is 29.2 Å². The Morgan fingerprint density at radius 3 is 2.34 bits per heavy atom. The maximum Gasteiger partial charge on any atom is 0.305 e. The fraction of sp³-hybridized carbons (Fsp3) is 0.375. The van der Waals surface area contributed by atoms with E-state index in [0.717, 1.165) is 4.57 Å². The van der Waals surface area contributed by atoms with Crippen LogP contribution in [0.4, 0.5) is 18.9 Å². The Labute approximate surface area is 218 Å². The fourth-order valence-electron chi connectivity index (χ4n) is 2.82. The molecule has 1 aromatic carbocycles. The van der Waals surface area contributed by atoms with Crippen LogP contribution in [0.3, 0.4) is 0 Å². The number of pyridine rings is 1. The second-order valence-corrected chi connectivity index (χ2v) is 8.50. The van der Waals surface area contributed by atoms with Gasteiger partial charge < -0.3 is 25.0 Å². The molecule has 3 N–H and O–H groups in total. The van der Waals surface area contributed by atoms with Crippen molar-refractivity contribution in [3.63, 3.8) is 0 Å². The van der Waals surface area contributed by atoms with Crippen molar-refractivity contribution in [1.29, 1.82) is 0 Å². The summed E-state index contributed by atoms with van der Waals surface area (Å²) in [6.45, 7) is 5.50. The second-order valence-electron chi connectivity index (χ2n) is 7.88. The number of ether oxygens (including phenoxy) is 1. The van der Waals surface area contributed by atoms with Crippen molar-refractivity contribution in [1.82, 2.24) is 9.88 Å². The highest BCUT2D eigenvalue weighted by Gasteiger charge is 2.26. The average molecular weight is 559 g/mol. The molecule has 2 aromatic rings. The minimum atomic E-state index is -1.69. The Morgan fingerprint density at radius 1 is 1.13 bits per heavy atom. The molecular weight excluding hydrogens is 530 g/mol. The van der Waals surface area contributed by atoms with Crippen LogP contribution in [0.1, 0.15) is 34.1 Å². The van der Waals surface area contributed by atoms with Gasteiger partial charge in [-0.05, 0) is 18.2 Å². The predicted molar refractivity (Wildman–Crippen MR) is 136 cm³/mol. The van der Waals surface area contributed by atoms with E-state index in [2.05, 4.69) is 10.6 Å². The maximum atomic E-state index is 14.1. The number of carbonyl (C=O) groups is 4. The number of rotatable bonds is 11. The maximum absolute atomic E-state index is 14.1. The van der Waals surface area contributed by atoms with Crippen molar-refractivity contribution in [2.75, 3.05) is 11.9 Å². The molecule has 0 spiro atoms. The van der Waals surface area contributed by atoms with E-state index in [4.69, 9.17) is 9.84 Å². The topological polar surface area (TPSA) is 144 Å². The van der Waals surface area contributed by atoms with Crippen LogP contribution in [0.5, 0.6) is 5.75 Å². The molecule has 2 rings (SSSR count). The van der Waals surface area contributed by atoms with E-state index in [0.29, 0.717) is 6.07 Å². The monoisotopic (exact) mass is 559 g/mol. The van der Waals surface area contributed by atoms with E-state index >= 15 is 0 Å². The predicted octanol–water partition coefficient (Wildman–Crippen LogP) is 1.99. The summed E-state index contributed by atoms with van der Waals surface area (Å²) in [4.78, 5) is 60.5. The lowest BCUT2D eigenvalue weighted by atomic mass is 10.1. The smallest absolute Gasteiger partial charge is 0.305 e. The molecular formula is C24H29F3N3O7P. The van der Waals surface area contributed by atoms with Crippen LogP contribution >= 0.6 is 9.24 Å². The Hall–Kier alpha value is -3.73. The second kappa shape index (κ2) is 14.9. The van der Waals surface area contributed by atoms with Crippen molar-refractivity contribution in [3.05, 3.63) is 52.2 Å². The number of Topliss-reactive ketones (excluding diaryl/α,β-unsaturated/α-hetero) is 1. The zero-order valence-electron chi connectivity index (χ0n) is 21.1. The molecule has 0 saturated heterocycles. The number of benzene rings is 1. The molecule has 10 nitrogen and oxygen atoms in total. The quantitative estimate of drug-likeness (QED) is 0.282. The molecule has 0 aliphatic rings. The summed E-state index contributed by atoms with van der Waals surface area (Å²) in [6.07, 6.45) is 0.330. The van der Waals surface area contributed by atoms with Gasteiger partial charge in [0.2, 0.25) is 17.6 Å². The van der Waals surface area contributed by atoms with E-state index < -0.39 is 83.9 Å². The molecule has 2 unspecified atom stereocenters. The van der Waals surface area contributed by atoms with Crippen molar-refractivity contribution < 1.29 is 42.2 Å². The normalized spacial score (nSPS) is 11.2. The third kappa shape index (κ3) is 8.98. The summed E-state index contributed by atoms with van der Waals surface area (Å²) in [5.41, 5.74) is -0.820. The van der Waals surface area contributed by atoms with Crippen LogP contribution in [0, 0.1) is 23.4 Å². The molecule has 0 aliphatic heterocycles. The molecule has 1 aromatic heterocycles. The minimum Gasteiger partial charge on any atom is -0.481 e. The van der Waals surface area contributed by atoms with Gasteiger partial charge in [0, 0.05) is 17.4 Å². The number of aliphatic carboxylic acids is 1. The Morgan fingerprint density at radius 2 is 1.76 bits per heavy atom. The van der Waals surface area contributed by atoms with E-state index in [1.165, 1.54) is 18.3 Å². The van der Waals surface area contributed by atoms with Crippen LogP contribution in [-0.2, 0) is 25.7 Å². The third-order valence-corrected chi connectivity index (χ3v) is 5.14. The minimum absolute atomic E-state index is 0.0943. The number of aromatic nitrogens is 1. The van der Waals surface area contributed by atoms with Gasteiger partial charge in [-0.25, -0.2) is 8.78 Å². The lowest BCUT2D eigenvalue weighted by Crippen LogP contribution is -2.46. The van der Waals surface area contributed by atoms with E-state index in [1.54, 1.807) is 13.8 Å². The summed E-state index contributed by atoms with van der Waals surface area (Å²) in [6, 6.07) is 1.59. The summed E-state index contributed by atoms with van der Waals surface area (Å²) in [5.74, 6) is -9.94. The van der Waals surface area contributed by atoms with E-state index in [1.807, 2.05) is 23.1 Å². The van der Waals surface area contributed by atoms with Gasteiger partial charge in [-0.3, -0.25) is 24.0 Å². The summed E-state index contributed by atoms with van der Waals surface area (Å²) < 4.78 is 47.1. The number of hydrogen-bond donors (Lipinski definition) is 3. The van der Waals surface area contributed by atoms with Crippen LogP contribution in [0.2, 0.25) is 0 Å². The van der Waals surface area contributed by atoms with Crippen LogP contribution < -0.4 is 26.2 Å². The standard InChI is InChI=1S/C22H23F3N3O7P.C2H6/c1-10(2)21(33)27-12-4-3-5-28(22(12)34)8-16(30)26-13(7-17(31)32)14(29)9-35-20-18(24)11(23)6-15(36)19(20)25;1-2/h3-6,10,13H,7-9,36H2,1-2H3,(H,26,30)(H,27,33)(H,31,32);1-2H3. The molecule has 0 aliphatic carbocycles. The number of hydrogen-bond acceptors (Lipinski definition) is 6. The summed E-state index contributed by atoms with van der Waals surface area (Å²) >= 11 is 0. The van der Waals surface area contributed by atoms with Gasteiger partial charge in [0.25, 0.3) is 5.56 Å².